The van der Waals surface area contributed by atoms with Crippen molar-refractivity contribution < 1.29 is 0 Å². The van der Waals surface area contributed by atoms with Crippen molar-refractivity contribution in [2.24, 2.45) is 0 Å². The fourth-order valence-corrected chi connectivity index (χ4v) is 3.95. The van der Waals surface area contributed by atoms with Crippen molar-refractivity contribution >= 4 is 27.8 Å². The summed E-state index contributed by atoms with van der Waals surface area (Å²) in [6.07, 6.45) is 0. The first-order valence-electron chi connectivity index (χ1n) is 10.3. The van der Waals surface area contributed by atoms with Crippen molar-refractivity contribution in [1.82, 2.24) is 0 Å². The van der Waals surface area contributed by atoms with Crippen molar-refractivity contribution in [3.8, 4) is 17.2 Å². The molecule has 0 atom stereocenters. The second-order valence-corrected chi connectivity index (χ2v) is 7.41. The molecule has 0 saturated carbocycles. The lowest BCUT2D eigenvalue weighted by atomic mass is 9.97. The van der Waals surface area contributed by atoms with Crippen molar-refractivity contribution in [3.63, 3.8) is 0 Å². The van der Waals surface area contributed by atoms with E-state index in [0.29, 0.717) is 5.56 Å². The van der Waals surface area contributed by atoms with Gasteiger partial charge in [-0.25, -0.2) is 0 Å². The summed E-state index contributed by atoms with van der Waals surface area (Å²) in [6, 6.07) is 43.8. The van der Waals surface area contributed by atoms with Crippen LogP contribution < -0.4 is 4.90 Å². The number of hydrogen-bond acceptors (Lipinski definition) is 2. The van der Waals surface area contributed by atoms with Crippen LogP contribution in [-0.4, -0.2) is 0 Å². The number of rotatable bonds is 4. The molecule has 0 saturated heterocycles. The lowest BCUT2D eigenvalue weighted by Gasteiger charge is -2.28. The predicted molar refractivity (Wildman–Crippen MR) is 129 cm³/mol. The van der Waals surface area contributed by atoms with E-state index in [1.807, 2.05) is 36.4 Å². The number of para-hydroxylation sites is 2. The number of nitrogens with zero attached hydrogens (tertiary/aromatic N) is 2. The van der Waals surface area contributed by atoms with E-state index < -0.39 is 0 Å². The van der Waals surface area contributed by atoms with Crippen molar-refractivity contribution in [2.75, 3.05) is 4.90 Å². The molecule has 5 rings (SSSR count). The van der Waals surface area contributed by atoms with Gasteiger partial charge < -0.3 is 4.90 Å². The molecule has 5 aromatic carbocycles. The van der Waals surface area contributed by atoms with E-state index in [-0.39, 0.29) is 0 Å². The zero-order valence-electron chi connectivity index (χ0n) is 16.9. The summed E-state index contributed by atoms with van der Waals surface area (Å²) in [5.41, 5.74) is 6.15. The van der Waals surface area contributed by atoms with Crippen LogP contribution in [0.2, 0.25) is 0 Å². The van der Waals surface area contributed by atoms with Crippen LogP contribution in [0.1, 0.15) is 5.56 Å². The summed E-state index contributed by atoms with van der Waals surface area (Å²) < 4.78 is 0. The van der Waals surface area contributed by atoms with Crippen LogP contribution in [-0.2, 0) is 0 Å². The predicted octanol–water partition coefficient (Wildman–Crippen LogP) is 7.85. The molecule has 0 heterocycles. The third-order valence-electron chi connectivity index (χ3n) is 5.46. The van der Waals surface area contributed by atoms with E-state index in [0.717, 1.165) is 28.2 Å². The molecule has 0 aliphatic heterocycles. The highest BCUT2D eigenvalue weighted by Crippen LogP contribution is 2.42. The summed E-state index contributed by atoms with van der Waals surface area (Å²) in [5.74, 6) is 0. The van der Waals surface area contributed by atoms with Gasteiger partial charge in [0.25, 0.3) is 0 Å². The maximum Gasteiger partial charge on any atom is 0.0991 e. The molecule has 0 aliphatic rings. The third kappa shape index (κ3) is 3.66. The van der Waals surface area contributed by atoms with Gasteiger partial charge in [-0.2, -0.15) is 5.26 Å². The van der Waals surface area contributed by atoms with Crippen molar-refractivity contribution in [2.45, 2.75) is 0 Å². The highest BCUT2D eigenvalue weighted by Gasteiger charge is 2.18. The van der Waals surface area contributed by atoms with Crippen LogP contribution in [0.15, 0.2) is 121 Å². The largest absolute Gasteiger partial charge is 0.310 e. The Kier molecular flexibility index (Phi) is 4.92. The Hall–Kier alpha value is -4.35. The summed E-state index contributed by atoms with van der Waals surface area (Å²) >= 11 is 0. The van der Waals surface area contributed by atoms with E-state index in [1.54, 1.807) is 0 Å². The topological polar surface area (TPSA) is 27.0 Å². The van der Waals surface area contributed by atoms with E-state index >= 15 is 0 Å². The van der Waals surface area contributed by atoms with Gasteiger partial charge >= 0.3 is 0 Å². The smallest absolute Gasteiger partial charge is 0.0991 e. The first-order valence-corrected chi connectivity index (χ1v) is 10.3. The first kappa shape index (κ1) is 18.7. The fourth-order valence-electron chi connectivity index (χ4n) is 3.95. The maximum absolute atomic E-state index is 9.22. The van der Waals surface area contributed by atoms with Gasteiger partial charge in [0, 0.05) is 16.9 Å². The van der Waals surface area contributed by atoms with Crippen LogP contribution in [0.3, 0.4) is 0 Å². The van der Waals surface area contributed by atoms with Crippen LogP contribution in [0.5, 0.6) is 0 Å². The van der Waals surface area contributed by atoms with E-state index in [1.165, 1.54) is 10.8 Å². The number of fused-ring (bicyclic) bond motifs is 1. The SMILES string of the molecule is N#Cc1ccc(-c2cc3ccccc3cc2N(c2ccccc2)c2ccccc2)cc1. The molecule has 5 aromatic rings. The van der Waals surface area contributed by atoms with Gasteiger partial charge in [-0.1, -0.05) is 72.8 Å². The number of nitriles is 1. The molecular formula is C29H20N2. The van der Waals surface area contributed by atoms with Gasteiger partial charge in [0.05, 0.1) is 17.3 Å². The van der Waals surface area contributed by atoms with E-state index in [9.17, 15) is 5.26 Å². The quantitative estimate of drug-likeness (QED) is 0.309. The fraction of sp³-hybridized carbons (Fsp3) is 0. The molecule has 0 bridgehead atoms. The summed E-state index contributed by atoms with van der Waals surface area (Å²) in [6.45, 7) is 0. The Labute approximate surface area is 182 Å². The molecule has 0 fully saturated rings. The molecule has 0 amide bonds. The molecule has 0 aromatic heterocycles. The van der Waals surface area contributed by atoms with Crippen LogP contribution in [0.4, 0.5) is 17.1 Å². The molecule has 146 valence electrons. The van der Waals surface area contributed by atoms with Gasteiger partial charge in [-0.15, -0.1) is 0 Å². The minimum Gasteiger partial charge on any atom is -0.310 e. The lowest BCUT2D eigenvalue weighted by molar-refractivity contribution is 1.29. The molecule has 0 unspecified atom stereocenters. The summed E-state index contributed by atoms with van der Waals surface area (Å²) in [7, 11) is 0. The van der Waals surface area contributed by atoms with E-state index in [2.05, 4.69) is 95.9 Å². The molecule has 2 heteroatoms. The maximum atomic E-state index is 9.22. The second kappa shape index (κ2) is 8.18. The van der Waals surface area contributed by atoms with Gasteiger partial charge in [0.1, 0.15) is 0 Å². The minimum absolute atomic E-state index is 0.661. The number of benzene rings is 5. The van der Waals surface area contributed by atoms with E-state index in [4.69, 9.17) is 0 Å². The normalized spacial score (nSPS) is 10.5. The minimum atomic E-state index is 0.661. The Morgan fingerprint density at radius 3 is 1.61 bits per heavy atom. The zero-order valence-corrected chi connectivity index (χ0v) is 16.9. The van der Waals surface area contributed by atoms with Crippen molar-refractivity contribution in [1.29, 1.82) is 5.26 Å². The van der Waals surface area contributed by atoms with Crippen LogP contribution in [0.25, 0.3) is 21.9 Å². The first-order chi connectivity index (χ1) is 15.3. The number of anilines is 3. The van der Waals surface area contributed by atoms with Gasteiger partial charge in [0.15, 0.2) is 0 Å². The third-order valence-corrected chi connectivity index (χ3v) is 5.46. The van der Waals surface area contributed by atoms with Crippen LogP contribution in [0, 0.1) is 11.3 Å². The monoisotopic (exact) mass is 396 g/mol. The lowest BCUT2D eigenvalue weighted by Crippen LogP contribution is -2.11. The Bertz CT molecular complexity index is 1330. The zero-order chi connectivity index (χ0) is 21.0. The molecule has 0 N–H and O–H groups in total. The Morgan fingerprint density at radius 2 is 1.06 bits per heavy atom. The summed E-state index contributed by atoms with van der Waals surface area (Å²) in [5, 5.41) is 11.6. The van der Waals surface area contributed by atoms with Crippen LogP contribution >= 0.6 is 0 Å². The van der Waals surface area contributed by atoms with Gasteiger partial charge in [-0.05, 0) is 64.9 Å². The Balaban J connectivity index is 1.81. The molecule has 2 nitrogen and oxygen atoms in total. The molecular weight excluding hydrogens is 376 g/mol. The second-order valence-electron chi connectivity index (χ2n) is 7.41. The molecule has 0 radical (unpaired) electrons. The average Bonchev–Trinajstić information content (AvgIpc) is 2.85. The number of hydrogen-bond donors (Lipinski definition) is 0. The highest BCUT2D eigenvalue weighted by molar-refractivity contribution is 5.98. The van der Waals surface area contributed by atoms with Gasteiger partial charge in [0.2, 0.25) is 0 Å². The van der Waals surface area contributed by atoms with Gasteiger partial charge in [-0.3, -0.25) is 0 Å². The Morgan fingerprint density at radius 1 is 0.548 bits per heavy atom. The standard InChI is InChI=1S/C29H20N2/c30-21-22-15-17-23(18-16-22)28-19-24-9-7-8-10-25(24)20-29(28)31(26-11-3-1-4-12-26)27-13-5-2-6-14-27/h1-20H. The van der Waals surface area contributed by atoms with Crippen molar-refractivity contribution in [3.05, 3.63) is 127 Å². The molecule has 31 heavy (non-hydrogen) atoms. The summed E-state index contributed by atoms with van der Waals surface area (Å²) in [4.78, 5) is 2.29. The average molecular weight is 396 g/mol. The molecule has 0 aliphatic carbocycles. The highest BCUT2D eigenvalue weighted by atomic mass is 15.1. The molecule has 0 spiro atoms.